The van der Waals surface area contributed by atoms with Crippen molar-refractivity contribution < 1.29 is 34.6 Å². The fraction of sp³-hybridized carbons (Fsp3) is 0.333. The molecule has 1 rings (SSSR count). The monoisotopic (exact) mass is 299 g/mol. The van der Waals surface area contributed by atoms with Crippen molar-refractivity contribution in [3.05, 3.63) is 27.3 Å². The number of nitro benzene ring substituents is 1. The molecule has 0 atom stereocenters. The minimum absolute atomic E-state index is 0.503. The molecular weight excluding hydrogens is 286 g/mol. The molecule has 1 aromatic carbocycles. The third kappa shape index (κ3) is 3.38. The van der Waals surface area contributed by atoms with Crippen molar-refractivity contribution in [3.8, 4) is 11.5 Å². The molecule has 9 nitrogen and oxygen atoms in total. The van der Waals surface area contributed by atoms with Gasteiger partial charge in [0.1, 0.15) is 12.2 Å². The van der Waals surface area contributed by atoms with Crippen molar-refractivity contribution in [2.75, 3.05) is 0 Å². The van der Waals surface area contributed by atoms with Crippen LogP contribution in [0.5, 0.6) is 11.5 Å². The highest BCUT2D eigenvalue weighted by atomic mass is 16.6. The number of nitro groups is 1. The summed E-state index contributed by atoms with van der Waals surface area (Å²) in [5.74, 6) is -4.86. The van der Waals surface area contributed by atoms with E-state index in [1.54, 1.807) is 0 Å². The van der Waals surface area contributed by atoms with Gasteiger partial charge in [0.05, 0.1) is 22.5 Å². The van der Waals surface area contributed by atoms with Gasteiger partial charge in [0.15, 0.2) is 11.5 Å². The van der Waals surface area contributed by atoms with E-state index < -0.39 is 57.7 Å². The lowest BCUT2D eigenvalue weighted by atomic mass is 10.0. The molecule has 0 fully saturated rings. The second-order valence-electron chi connectivity index (χ2n) is 4.44. The summed E-state index contributed by atoms with van der Waals surface area (Å²) in [4.78, 5) is 32.5. The maximum Gasteiger partial charge on any atom is 0.340 e. The summed E-state index contributed by atoms with van der Waals surface area (Å²) < 4.78 is 4.77. The Labute approximate surface area is 118 Å². The molecule has 0 bridgehead atoms. The summed E-state index contributed by atoms with van der Waals surface area (Å²) >= 11 is 0. The highest BCUT2D eigenvalue weighted by Crippen LogP contribution is 2.38. The normalized spacial score (nSPS) is 10.4. The molecule has 0 aromatic heterocycles. The van der Waals surface area contributed by atoms with Gasteiger partial charge in [-0.25, -0.2) is 4.79 Å². The van der Waals surface area contributed by atoms with Gasteiger partial charge in [0.25, 0.3) is 5.69 Å². The average molecular weight is 299 g/mol. The first-order chi connectivity index (χ1) is 9.66. The molecule has 0 saturated carbocycles. The van der Waals surface area contributed by atoms with Gasteiger partial charge in [-0.3, -0.25) is 14.9 Å². The van der Waals surface area contributed by atoms with Gasteiger partial charge < -0.3 is 20.1 Å². The summed E-state index contributed by atoms with van der Waals surface area (Å²) in [5, 5.41) is 38.8. The predicted molar refractivity (Wildman–Crippen MR) is 68.0 cm³/mol. The number of aromatic hydroxyl groups is 2. The van der Waals surface area contributed by atoms with Crippen LogP contribution in [-0.2, 0) is 16.1 Å². The number of carbonyl (C=O) groups excluding carboxylic acids is 1. The Morgan fingerprint density at radius 2 is 1.95 bits per heavy atom. The van der Waals surface area contributed by atoms with Gasteiger partial charge in [0.2, 0.25) is 0 Å². The molecule has 0 aliphatic carbocycles. The molecule has 0 aliphatic rings. The fourth-order valence-electron chi connectivity index (χ4n) is 1.53. The molecule has 0 spiro atoms. The van der Waals surface area contributed by atoms with Crippen LogP contribution < -0.4 is 0 Å². The molecule has 9 heteroatoms. The number of hydrogen-bond donors (Lipinski definition) is 3. The molecule has 1 aromatic rings. The summed E-state index contributed by atoms with van der Waals surface area (Å²) in [7, 11) is 0. The Morgan fingerprint density at radius 3 is 2.38 bits per heavy atom. The Bertz CT molecular complexity index is 608. The molecular formula is C12H13NO8. The largest absolute Gasteiger partial charge is 0.504 e. The number of carboxylic acids is 1. The number of phenolic OH excluding ortho intramolecular Hbond substituents is 1. The van der Waals surface area contributed by atoms with Crippen LogP contribution in [0, 0.1) is 16.0 Å². The van der Waals surface area contributed by atoms with Gasteiger partial charge in [-0.15, -0.1) is 0 Å². The van der Waals surface area contributed by atoms with Crippen LogP contribution in [0.2, 0.25) is 0 Å². The number of rotatable bonds is 5. The first kappa shape index (κ1) is 16.2. The quantitative estimate of drug-likeness (QED) is 0.320. The minimum atomic E-state index is -1.69. The first-order valence-corrected chi connectivity index (χ1v) is 5.78. The van der Waals surface area contributed by atoms with Crippen molar-refractivity contribution in [2.45, 2.75) is 20.5 Å². The van der Waals surface area contributed by atoms with Crippen molar-refractivity contribution >= 4 is 17.6 Å². The van der Waals surface area contributed by atoms with Gasteiger partial charge >= 0.3 is 11.9 Å². The number of carboxylic acid groups (broad SMARTS) is 1. The molecule has 0 amide bonds. The van der Waals surface area contributed by atoms with Crippen LogP contribution in [-0.4, -0.2) is 32.2 Å². The molecule has 0 aliphatic heterocycles. The highest BCUT2D eigenvalue weighted by molar-refractivity contribution is 5.95. The topological polar surface area (TPSA) is 147 Å². The molecule has 0 radical (unpaired) electrons. The van der Waals surface area contributed by atoms with E-state index in [4.69, 9.17) is 9.84 Å². The van der Waals surface area contributed by atoms with E-state index in [0.29, 0.717) is 6.07 Å². The van der Waals surface area contributed by atoms with Gasteiger partial charge in [0, 0.05) is 0 Å². The van der Waals surface area contributed by atoms with Crippen LogP contribution in [0.15, 0.2) is 6.07 Å². The summed E-state index contributed by atoms with van der Waals surface area (Å²) in [6.07, 6.45) is 0. The van der Waals surface area contributed by atoms with E-state index >= 15 is 0 Å². The SMILES string of the molecule is CC(C)C(=O)OCc1c([N+](=O)[O-])cc(O)c(O)c1C(=O)O. The Balaban J connectivity index is 3.38. The van der Waals surface area contributed by atoms with Crippen LogP contribution >= 0.6 is 0 Å². The molecule has 0 saturated heterocycles. The van der Waals surface area contributed by atoms with E-state index in [1.165, 1.54) is 13.8 Å². The zero-order valence-electron chi connectivity index (χ0n) is 11.2. The third-order valence-corrected chi connectivity index (χ3v) is 2.60. The Kier molecular flexibility index (Phi) is 4.69. The molecule has 114 valence electrons. The number of nitrogens with zero attached hydrogens (tertiary/aromatic N) is 1. The zero-order chi connectivity index (χ0) is 16.3. The van der Waals surface area contributed by atoms with Crippen LogP contribution in [0.4, 0.5) is 5.69 Å². The van der Waals surface area contributed by atoms with Gasteiger partial charge in [-0.1, -0.05) is 13.8 Å². The fourth-order valence-corrected chi connectivity index (χ4v) is 1.53. The second-order valence-corrected chi connectivity index (χ2v) is 4.44. The number of benzene rings is 1. The number of hydrogen-bond acceptors (Lipinski definition) is 7. The standard InChI is InChI=1S/C12H13NO8/c1-5(2)12(18)21-4-6-7(13(19)20)3-8(14)10(15)9(6)11(16)17/h3,5,14-15H,4H2,1-2H3,(H,16,17). The average Bonchev–Trinajstić information content (AvgIpc) is 2.37. The van der Waals surface area contributed by atoms with E-state index in [0.717, 1.165) is 0 Å². The molecule has 21 heavy (non-hydrogen) atoms. The van der Waals surface area contributed by atoms with Crippen LogP contribution in [0.25, 0.3) is 0 Å². The van der Waals surface area contributed by atoms with Crippen molar-refractivity contribution in [2.24, 2.45) is 5.92 Å². The van der Waals surface area contributed by atoms with E-state index in [2.05, 4.69) is 0 Å². The smallest absolute Gasteiger partial charge is 0.340 e. The summed E-state index contributed by atoms with van der Waals surface area (Å²) in [6, 6.07) is 0.598. The second kappa shape index (κ2) is 6.07. The van der Waals surface area contributed by atoms with Crippen molar-refractivity contribution in [1.82, 2.24) is 0 Å². The van der Waals surface area contributed by atoms with E-state index in [-0.39, 0.29) is 0 Å². The minimum Gasteiger partial charge on any atom is -0.504 e. The molecule has 0 unspecified atom stereocenters. The lowest BCUT2D eigenvalue weighted by Crippen LogP contribution is -2.14. The summed E-state index contributed by atoms with van der Waals surface area (Å²) in [6.45, 7) is 2.36. The summed E-state index contributed by atoms with van der Waals surface area (Å²) in [5.41, 5.74) is -2.14. The van der Waals surface area contributed by atoms with Crippen molar-refractivity contribution in [1.29, 1.82) is 0 Å². The lowest BCUT2D eigenvalue weighted by molar-refractivity contribution is -0.386. The maximum atomic E-state index is 11.4. The Morgan fingerprint density at radius 1 is 1.38 bits per heavy atom. The molecule has 0 heterocycles. The van der Waals surface area contributed by atoms with Crippen LogP contribution in [0.1, 0.15) is 29.8 Å². The van der Waals surface area contributed by atoms with Crippen molar-refractivity contribution in [3.63, 3.8) is 0 Å². The van der Waals surface area contributed by atoms with Crippen LogP contribution in [0.3, 0.4) is 0 Å². The predicted octanol–water partition coefficient (Wildman–Crippen LogP) is 1.40. The Hall–Kier alpha value is -2.84. The number of esters is 1. The van der Waals surface area contributed by atoms with Gasteiger partial charge in [-0.2, -0.15) is 0 Å². The zero-order valence-corrected chi connectivity index (χ0v) is 11.2. The highest BCUT2D eigenvalue weighted by Gasteiger charge is 2.29. The molecule has 3 N–H and O–H groups in total. The number of phenols is 2. The number of carbonyl (C=O) groups is 2. The maximum absolute atomic E-state index is 11.4. The van der Waals surface area contributed by atoms with Gasteiger partial charge in [-0.05, 0) is 0 Å². The number of ether oxygens (including phenoxy) is 1. The first-order valence-electron chi connectivity index (χ1n) is 5.78. The lowest BCUT2D eigenvalue weighted by Gasteiger charge is -2.12. The number of aromatic carboxylic acids is 1. The third-order valence-electron chi connectivity index (χ3n) is 2.60. The van der Waals surface area contributed by atoms with E-state index in [1.807, 2.05) is 0 Å². The van der Waals surface area contributed by atoms with E-state index in [9.17, 15) is 29.9 Å².